The molecule has 1 N–H and O–H groups in total. The molecule has 0 bridgehead atoms. The van der Waals surface area contributed by atoms with Gasteiger partial charge in [-0.3, -0.25) is 9.59 Å². The molecule has 4 nitrogen and oxygen atoms in total. The smallest absolute Gasteiger partial charge is 0.305 e. The van der Waals surface area contributed by atoms with Gasteiger partial charge >= 0.3 is 5.97 Å². The van der Waals surface area contributed by atoms with Crippen molar-refractivity contribution in [3.05, 3.63) is 11.6 Å². The van der Waals surface area contributed by atoms with Gasteiger partial charge in [0.25, 0.3) is 0 Å². The van der Waals surface area contributed by atoms with E-state index < -0.39 is 11.8 Å². The summed E-state index contributed by atoms with van der Waals surface area (Å²) in [5, 5.41) is 10.9. The fourth-order valence-corrected chi connectivity index (χ4v) is 8.74. The molecule has 0 spiro atoms. The molecule has 4 rings (SSSR count). The minimum absolute atomic E-state index is 0.0761. The van der Waals surface area contributed by atoms with Crippen molar-refractivity contribution in [1.29, 1.82) is 0 Å². The van der Waals surface area contributed by atoms with Crippen molar-refractivity contribution >= 4 is 11.8 Å². The molecule has 0 amide bonds. The number of carbonyl (C=O) groups excluding carboxylic acids is 2. The Morgan fingerprint density at radius 3 is 2.48 bits per heavy atom. The molecular formula is C29H46O4. The van der Waals surface area contributed by atoms with E-state index in [9.17, 15) is 14.7 Å². The maximum atomic E-state index is 13.6. The van der Waals surface area contributed by atoms with Gasteiger partial charge in [-0.05, 0) is 78.6 Å². The third kappa shape index (κ3) is 4.34. The van der Waals surface area contributed by atoms with Crippen LogP contribution in [0.3, 0.4) is 0 Å². The second kappa shape index (κ2) is 8.81. The van der Waals surface area contributed by atoms with Gasteiger partial charge in [0.15, 0.2) is 5.78 Å². The molecule has 4 aliphatic carbocycles. The van der Waals surface area contributed by atoms with E-state index in [2.05, 4.69) is 34.6 Å². The third-order valence-electron chi connectivity index (χ3n) is 10.5. The Kier molecular flexibility index (Phi) is 6.66. The first-order chi connectivity index (χ1) is 15.4. The van der Waals surface area contributed by atoms with Crippen LogP contribution < -0.4 is 0 Å². The van der Waals surface area contributed by atoms with E-state index in [0.717, 1.165) is 36.2 Å². The zero-order valence-electron chi connectivity index (χ0n) is 21.8. The van der Waals surface area contributed by atoms with E-state index >= 15 is 0 Å². The van der Waals surface area contributed by atoms with E-state index in [0.29, 0.717) is 18.3 Å². The molecule has 4 heteroatoms. The van der Waals surface area contributed by atoms with E-state index in [4.69, 9.17) is 4.74 Å². The molecule has 0 unspecified atom stereocenters. The number of hydrogen-bond donors (Lipinski definition) is 1. The second-order valence-electron chi connectivity index (χ2n) is 13.0. The Balaban J connectivity index is 1.54. The summed E-state index contributed by atoms with van der Waals surface area (Å²) in [6, 6.07) is 0. The SMILES string of the molecule is CC(=O)O[C@@]1(O)CC[C@@]2(C)C(=CC(=O)[C@H]3[C@@H]4CC[C@H]([C@H](C)CCCC(C)C)[C@@]4(C)CC[C@@H]32)C1. The average molecular weight is 459 g/mol. The highest BCUT2D eigenvalue weighted by Gasteiger charge is 2.62. The van der Waals surface area contributed by atoms with Crippen LogP contribution in [0.5, 0.6) is 0 Å². The van der Waals surface area contributed by atoms with Gasteiger partial charge in [0.1, 0.15) is 0 Å². The second-order valence-corrected chi connectivity index (χ2v) is 13.0. The van der Waals surface area contributed by atoms with Crippen LogP contribution in [0.1, 0.15) is 106 Å². The normalized spacial score (nSPS) is 43.4. The molecular weight excluding hydrogens is 412 g/mol. The van der Waals surface area contributed by atoms with Gasteiger partial charge in [0.05, 0.1) is 0 Å². The molecule has 186 valence electrons. The Labute approximate surface area is 200 Å². The van der Waals surface area contributed by atoms with E-state index in [1.807, 2.05) is 6.08 Å². The molecule has 4 aliphatic rings. The van der Waals surface area contributed by atoms with E-state index in [1.165, 1.54) is 45.4 Å². The van der Waals surface area contributed by atoms with Crippen LogP contribution in [-0.4, -0.2) is 22.6 Å². The van der Waals surface area contributed by atoms with Crippen LogP contribution >= 0.6 is 0 Å². The van der Waals surface area contributed by atoms with Crippen LogP contribution in [0.25, 0.3) is 0 Å². The predicted molar refractivity (Wildman–Crippen MR) is 130 cm³/mol. The van der Waals surface area contributed by atoms with Gasteiger partial charge in [-0.15, -0.1) is 0 Å². The Bertz CT molecular complexity index is 814. The maximum absolute atomic E-state index is 13.6. The summed E-state index contributed by atoms with van der Waals surface area (Å²) in [6.07, 6.45) is 12.0. The molecule has 0 aromatic rings. The quantitative estimate of drug-likeness (QED) is 0.366. The number of fused-ring (bicyclic) bond motifs is 5. The first-order valence-electron chi connectivity index (χ1n) is 13.6. The molecule has 8 atom stereocenters. The van der Waals surface area contributed by atoms with Crippen LogP contribution in [-0.2, 0) is 14.3 Å². The van der Waals surface area contributed by atoms with Crippen molar-refractivity contribution < 1.29 is 19.4 Å². The standard InChI is InChI=1S/C29H46O4/c1-18(2)8-7-9-19(3)22-10-11-23-26-24(12-13-28(22,23)6)27(5)14-15-29(32,33-20(4)30)17-21(27)16-25(26)31/h16,18-19,22-24,26,32H,7-15,17H2,1-6H3/t19-,22-,23+,24+,26+,27+,28-,29+/m1/s1. The Hall–Kier alpha value is -1.16. The minimum Gasteiger partial charge on any atom is -0.433 e. The van der Waals surface area contributed by atoms with Gasteiger partial charge in [-0.2, -0.15) is 0 Å². The fraction of sp³-hybridized carbons (Fsp3) is 0.862. The highest BCUT2D eigenvalue weighted by atomic mass is 16.7. The zero-order valence-corrected chi connectivity index (χ0v) is 21.8. The number of ketones is 1. The van der Waals surface area contributed by atoms with Gasteiger partial charge in [0, 0.05) is 25.7 Å². The Morgan fingerprint density at radius 1 is 1.09 bits per heavy atom. The minimum atomic E-state index is -1.46. The van der Waals surface area contributed by atoms with Crippen LogP contribution in [0, 0.1) is 46.3 Å². The number of aliphatic hydroxyl groups is 1. The summed E-state index contributed by atoms with van der Waals surface area (Å²) >= 11 is 0. The highest BCUT2D eigenvalue weighted by Crippen LogP contribution is 2.67. The number of rotatable bonds is 6. The van der Waals surface area contributed by atoms with Crippen LogP contribution in [0.4, 0.5) is 0 Å². The monoisotopic (exact) mass is 458 g/mol. The summed E-state index contributed by atoms with van der Waals surface area (Å²) in [5.41, 5.74) is 1.19. The third-order valence-corrected chi connectivity index (χ3v) is 10.5. The summed E-state index contributed by atoms with van der Waals surface area (Å²) in [4.78, 5) is 25.1. The van der Waals surface area contributed by atoms with Crippen molar-refractivity contribution in [2.75, 3.05) is 0 Å². The van der Waals surface area contributed by atoms with E-state index in [1.54, 1.807) is 0 Å². The molecule has 0 saturated heterocycles. The largest absolute Gasteiger partial charge is 0.433 e. The van der Waals surface area contributed by atoms with E-state index in [-0.39, 0.29) is 29.0 Å². The van der Waals surface area contributed by atoms with Gasteiger partial charge in [-0.1, -0.05) is 59.5 Å². The number of allylic oxidation sites excluding steroid dienone is 1. The predicted octanol–water partition coefficient (Wildman–Crippen LogP) is 6.46. The number of ether oxygens (including phenoxy) is 1. The maximum Gasteiger partial charge on any atom is 0.305 e. The first-order valence-corrected chi connectivity index (χ1v) is 13.6. The van der Waals surface area contributed by atoms with Crippen molar-refractivity contribution in [1.82, 2.24) is 0 Å². The summed E-state index contributed by atoms with van der Waals surface area (Å²) in [7, 11) is 0. The van der Waals surface area contributed by atoms with Crippen LogP contribution in [0.2, 0.25) is 0 Å². The molecule has 0 aliphatic heterocycles. The van der Waals surface area contributed by atoms with Gasteiger partial charge < -0.3 is 9.84 Å². The number of hydrogen-bond acceptors (Lipinski definition) is 4. The highest BCUT2D eigenvalue weighted by molar-refractivity contribution is 5.94. The molecule has 33 heavy (non-hydrogen) atoms. The van der Waals surface area contributed by atoms with Crippen LogP contribution in [0.15, 0.2) is 11.6 Å². The number of esters is 1. The summed E-state index contributed by atoms with van der Waals surface area (Å²) < 4.78 is 5.28. The fourth-order valence-electron chi connectivity index (χ4n) is 8.74. The lowest BCUT2D eigenvalue weighted by Gasteiger charge is -2.58. The Morgan fingerprint density at radius 2 is 1.82 bits per heavy atom. The summed E-state index contributed by atoms with van der Waals surface area (Å²) in [6.45, 7) is 13.2. The lowest BCUT2D eigenvalue weighted by atomic mass is 9.46. The molecule has 3 saturated carbocycles. The zero-order chi connectivity index (χ0) is 24.2. The molecule has 0 aromatic carbocycles. The van der Waals surface area contributed by atoms with Crippen molar-refractivity contribution in [3.63, 3.8) is 0 Å². The summed E-state index contributed by atoms with van der Waals surface area (Å²) in [5.74, 6) is 1.51. The first kappa shape index (κ1) is 24.9. The van der Waals surface area contributed by atoms with Crippen molar-refractivity contribution in [3.8, 4) is 0 Å². The van der Waals surface area contributed by atoms with Gasteiger partial charge in [-0.25, -0.2) is 0 Å². The molecule has 0 aromatic heterocycles. The molecule has 3 fully saturated rings. The molecule has 0 radical (unpaired) electrons. The van der Waals surface area contributed by atoms with Crippen molar-refractivity contribution in [2.45, 2.75) is 112 Å². The average Bonchev–Trinajstić information content (AvgIpc) is 3.05. The number of carbonyl (C=O) groups is 2. The van der Waals surface area contributed by atoms with Gasteiger partial charge in [0.2, 0.25) is 5.79 Å². The lowest BCUT2D eigenvalue weighted by molar-refractivity contribution is -0.221. The molecule has 0 heterocycles. The topological polar surface area (TPSA) is 63.6 Å². The van der Waals surface area contributed by atoms with Crippen molar-refractivity contribution in [2.24, 2.45) is 46.3 Å². The lowest BCUT2D eigenvalue weighted by Crippen LogP contribution is -2.55.